The van der Waals surface area contributed by atoms with Crippen LogP contribution < -0.4 is 5.32 Å². The second kappa shape index (κ2) is 5.74. The summed E-state index contributed by atoms with van der Waals surface area (Å²) in [4.78, 5) is 43.9. The van der Waals surface area contributed by atoms with Gasteiger partial charge in [-0.1, -0.05) is 0 Å². The van der Waals surface area contributed by atoms with Gasteiger partial charge >= 0.3 is 12.7 Å². The number of hydrogen-bond donors (Lipinski definition) is 3. The average Bonchev–Trinajstić information content (AvgIpc) is 2.74. The number of hydrogen-bond acceptors (Lipinski definition) is 5. The lowest BCUT2D eigenvalue weighted by molar-refractivity contribution is -0.126. The Morgan fingerprint density at radius 2 is 2.26 bits per heavy atom. The second-order valence-corrected chi connectivity index (χ2v) is 6.92. The Balaban J connectivity index is 1.88. The van der Waals surface area contributed by atoms with Gasteiger partial charge < -0.3 is 19.0 Å². The molecule has 106 valence electrons. The van der Waals surface area contributed by atoms with Crippen LogP contribution in [0, 0.1) is 5.92 Å². The summed E-state index contributed by atoms with van der Waals surface area (Å²) < 4.78 is 10.3. The predicted molar refractivity (Wildman–Crippen MR) is 68.1 cm³/mol. The van der Waals surface area contributed by atoms with Crippen LogP contribution in [0.2, 0.25) is 0 Å². The number of aliphatic imine (C=N–C) groups is 1. The average molecular weight is 308 g/mol. The van der Waals surface area contributed by atoms with Gasteiger partial charge in [0, 0.05) is 6.21 Å². The van der Waals surface area contributed by atoms with Crippen molar-refractivity contribution in [2.45, 2.75) is 25.0 Å². The summed E-state index contributed by atoms with van der Waals surface area (Å²) in [6.45, 7) is -3.72. The molecule has 0 aromatic rings. The van der Waals surface area contributed by atoms with Crippen LogP contribution in [-0.4, -0.2) is 46.8 Å². The monoisotopic (exact) mass is 308 g/mol. The summed E-state index contributed by atoms with van der Waals surface area (Å²) >= 11 is 4.33. The van der Waals surface area contributed by atoms with Crippen molar-refractivity contribution in [1.29, 1.82) is 0 Å². The van der Waals surface area contributed by atoms with Crippen LogP contribution in [0.15, 0.2) is 4.99 Å². The maximum absolute atomic E-state index is 11.6. The number of rotatable bonds is 4. The molecule has 19 heavy (non-hydrogen) atoms. The van der Waals surface area contributed by atoms with Gasteiger partial charge in [-0.3, -0.25) is 10.1 Å². The molecule has 0 aromatic heterocycles. The fourth-order valence-electron chi connectivity index (χ4n) is 2.00. The summed E-state index contributed by atoms with van der Waals surface area (Å²) in [6, 6.07) is -0.680. The summed E-state index contributed by atoms with van der Waals surface area (Å²) in [6.07, 6.45) is 1.71. The van der Waals surface area contributed by atoms with E-state index in [4.69, 9.17) is 19.0 Å². The number of imide groups is 1. The van der Waals surface area contributed by atoms with E-state index >= 15 is 0 Å². The van der Waals surface area contributed by atoms with Crippen molar-refractivity contribution in [2.75, 3.05) is 6.61 Å². The van der Waals surface area contributed by atoms with E-state index in [2.05, 4.69) is 22.1 Å². The maximum Gasteiger partial charge on any atom is 0.347 e. The lowest BCUT2D eigenvalue weighted by atomic mass is 9.99. The standard InChI is InChI=1S/C9H13N2O6PS/c12-8-6(3-10-9(13)11-8)7-2-1-5(17-7)4-16-18(14,15)19/h3,5-7H,1-2,4H2,(H,11,12,13)(H2,14,15,19)/t5-,6?,7+/m0/s1. The van der Waals surface area contributed by atoms with Crippen LogP contribution in [-0.2, 0) is 25.9 Å². The zero-order valence-corrected chi connectivity index (χ0v) is 11.5. The van der Waals surface area contributed by atoms with E-state index in [1.165, 1.54) is 6.21 Å². The van der Waals surface area contributed by atoms with Crippen LogP contribution >= 0.6 is 6.72 Å². The predicted octanol–water partition coefficient (Wildman–Crippen LogP) is -0.303. The number of urea groups is 1. The molecule has 2 aliphatic rings. The number of ether oxygens (including phenoxy) is 1. The molecule has 1 unspecified atom stereocenters. The third-order valence-corrected chi connectivity index (χ3v) is 3.66. The van der Waals surface area contributed by atoms with Gasteiger partial charge in [0.2, 0.25) is 5.91 Å². The first-order valence-electron chi connectivity index (χ1n) is 5.60. The largest absolute Gasteiger partial charge is 0.371 e. The number of carbonyl (C=O) groups is 2. The molecule has 0 spiro atoms. The van der Waals surface area contributed by atoms with Crippen molar-refractivity contribution in [1.82, 2.24) is 5.32 Å². The third-order valence-electron chi connectivity index (χ3n) is 2.85. The zero-order valence-electron chi connectivity index (χ0n) is 9.76. The molecule has 0 bridgehead atoms. The van der Waals surface area contributed by atoms with Gasteiger partial charge in [0.15, 0.2) is 0 Å². The molecule has 2 aliphatic heterocycles. The number of nitrogens with zero attached hydrogens (tertiary/aromatic N) is 1. The fraction of sp³-hybridized carbons (Fsp3) is 0.667. The van der Waals surface area contributed by atoms with Crippen molar-refractivity contribution in [3.05, 3.63) is 0 Å². The van der Waals surface area contributed by atoms with Crippen LogP contribution in [0.4, 0.5) is 4.79 Å². The normalized spacial score (nSPS) is 31.6. The van der Waals surface area contributed by atoms with Crippen molar-refractivity contribution in [3.8, 4) is 0 Å². The Morgan fingerprint density at radius 3 is 2.89 bits per heavy atom. The molecule has 0 aliphatic carbocycles. The Bertz CT molecular complexity index is 464. The minimum Gasteiger partial charge on any atom is -0.371 e. The van der Waals surface area contributed by atoms with Crippen LogP contribution in [0.25, 0.3) is 0 Å². The van der Waals surface area contributed by atoms with Gasteiger partial charge in [-0.05, 0) is 24.6 Å². The van der Waals surface area contributed by atoms with E-state index in [0.29, 0.717) is 12.8 Å². The van der Waals surface area contributed by atoms with E-state index < -0.39 is 30.7 Å². The summed E-state index contributed by atoms with van der Waals surface area (Å²) in [5.74, 6) is -1.06. The Morgan fingerprint density at radius 1 is 1.53 bits per heavy atom. The Kier molecular flexibility index (Phi) is 4.44. The molecule has 3 N–H and O–H groups in total. The molecule has 2 rings (SSSR count). The van der Waals surface area contributed by atoms with E-state index in [1.54, 1.807) is 0 Å². The van der Waals surface area contributed by atoms with E-state index in [1.807, 2.05) is 0 Å². The molecule has 3 atom stereocenters. The first-order chi connectivity index (χ1) is 8.85. The summed E-state index contributed by atoms with van der Waals surface area (Å²) in [7, 11) is 0. The van der Waals surface area contributed by atoms with E-state index in [-0.39, 0.29) is 12.7 Å². The number of nitrogens with one attached hydrogen (secondary N) is 1. The molecular weight excluding hydrogens is 295 g/mol. The van der Waals surface area contributed by atoms with Crippen molar-refractivity contribution in [3.63, 3.8) is 0 Å². The van der Waals surface area contributed by atoms with Crippen molar-refractivity contribution in [2.24, 2.45) is 10.9 Å². The molecule has 2 heterocycles. The molecule has 1 saturated heterocycles. The lowest BCUT2D eigenvalue weighted by Gasteiger charge is -2.21. The molecule has 0 aromatic carbocycles. The molecule has 0 radical (unpaired) electrons. The molecular formula is C9H13N2O6PS. The minimum absolute atomic E-state index is 0.0365. The van der Waals surface area contributed by atoms with Gasteiger partial charge in [0.1, 0.15) is 5.92 Å². The summed E-state index contributed by atoms with van der Waals surface area (Å²) in [5.41, 5.74) is 0. The van der Waals surface area contributed by atoms with Crippen molar-refractivity contribution < 1.29 is 28.6 Å². The molecule has 1 fully saturated rings. The quantitative estimate of drug-likeness (QED) is 0.610. The number of carbonyl (C=O) groups excluding carboxylic acids is 2. The smallest absolute Gasteiger partial charge is 0.347 e. The van der Waals surface area contributed by atoms with E-state index in [0.717, 1.165) is 0 Å². The molecule has 8 nitrogen and oxygen atoms in total. The highest BCUT2D eigenvalue weighted by molar-refractivity contribution is 8.06. The molecule has 3 amide bonds. The van der Waals surface area contributed by atoms with Crippen LogP contribution in [0.1, 0.15) is 12.8 Å². The van der Waals surface area contributed by atoms with Gasteiger partial charge in [0.05, 0.1) is 18.8 Å². The molecule has 10 heteroatoms. The van der Waals surface area contributed by atoms with Crippen LogP contribution in [0.5, 0.6) is 0 Å². The first-order valence-corrected chi connectivity index (χ1v) is 8.22. The van der Waals surface area contributed by atoms with E-state index in [9.17, 15) is 9.59 Å². The maximum atomic E-state index is 11.6. The second-order valence-electron chi connectivity index (χ2n) is 4.26. The Hall–Kier alpha value is -0.700. The highest BCUT2D eigenvalue weighted by atomic mass is 32.5. The topological polar surface area (TPSA) is 117 Å². The minimum atomic E-state index is -3.69. The SMILES string of the molecule is O=C1N=CC([C@H]2CC[C@@H](COP(O)(O)=S)O2)C(=O)N1. The number of amides is 3. The van der Waals surface area contributed by atoms with Gasteiger partial charge in [0.25, 0.3) is 0 Å². The fourth-order valence-corrected chi connectivity index (χ4v) is 2.55. The highest BCUT2D eigenvalue weighted by Crippen LogP contribution is 2.38. The first kappa shape index (κ1) is 14.7. The van der Waals surface area contributed by atoms with Gasteiger partial charge in [-0.25, -0.2) is 9.79 Å². The summed E-state index contributed by atoms with van der Waals surface area (Å²) in [5, 5.41) is 2.10. The highest BCUT2D eigenvalue weighted by Gasteiger charge is 2.37. The van der Waals surface area contributed by atoms with Crippen LogP contribution in [0.3, 0.4) is 0 Å². The van der Waals surface area contributed by atoms with Gasteiger partial charge in [-0.2, -0.15) is 0 Å². The van der Waals surface area contributed by atoms with Crippen molar-refractivity contribution >= 4 is 36.7 Å². The van der Waals surface area contributed by atoms with Gasteiger partial charge in [-0.15, -0.1) is 0 Å². The zero-order chi connectivity index (χ0) is 14.0. The Labute approximate surface area is 114 Å². The third kappa shape index (κ3) is 4.13. The lowest BCUT2D eigenvalue weighted by Crippen LogP contribution is -2.44. The molecule has 0 saturated carbocycles.